The number of piperidine rings is 1. The van der Waals surface area contributed by atoms with Gasteiger partial charge in [0, 0.05) is 31.2 Å². The van der Waals surface area contributed by atoms with E-state index < -0.39 is 9.84 Å². The Kier molecular flexibility index (Phi) is 7.03. The number of benzene rings is 1. The second kappa shape index (κ2) is 8.84. The summed E-state index contributed by atoms with van der Waals surface area (Å²) < 4.78 is 37.1. The van der Waals surface area contributed by atoms with Crippen LogP contribution in [-0.2, 0) is 14.6 Å². The Morgan fingerprint density at radius 3 is 2.77 bits per heavy atom. The van der Waals surface area contributed by atoms with Gasteiger partial charge in [0.25, 0.3) is 0 Å². The molecular weight excluding hydrogens is 355 g/mol. The number of anilines is 1. The lowest BCUT2D eigenvalue weighted by Gasteiger charge is -2.35. The van der Waals surface area contributed by atoms with E-state index in [0.29, 0.717) is 6.54 Å². The Hall–Kier alpha value is -1.63. The minimum Gasteiger partial charge on any atom is -0.369 e. The monoisotopic (exact) mass is 384 g/mol. The van der Waals surface area contributed by atoms with Crippen LogP contribution in [0.2, 0.25) is 0 Å². The zero-order chi connectivity index (χ0) is 19.3. The molecule has 7 heteroatoms. The fourth-order valence-corrected chi connectivity index (χ4v) is 5.11. The van der Waals surface area contributed by atoms with Crippen LogP contribution in [-0.4, -0.2) is 45.0 Å². The highest BCUT2D eigenvalue weighted by Gasteiger charge is 2.23. The summed E-state index contributed by atoms with van der Waals surface area (Å²) in [6.45, 7) is 7.09. The SMILES string of the molecule is Cc1cc(F)ccc1N1CCCC(NC(=O)CCS(=O)(=O)CC(C)C)C1. The first kappa shape index (κ1) is 20.7. The lowest BCUT2D eigenvalue weighted by Crippen LogP contribution is -2.48. The average Bonchev–Trinajstić information content (AvgIpc) is 2.52. The first-order valence-electron chi connectivity index (χ1n) is 9.17. The fourth-order valence-electron chi connectivity index (χ4n) is 3.43. The maximum absolute atomic E-state index is 13.3. The van der Waals surface area contributed by atoms with Crippen molar-refractivity contribution in [3.8, 4) is 0 Å². The van der Waals surface area contributed by atoms with Crippen molar-refractivity contribution < 1.29 is 17.6 Å². The molecule has 1 heterocycles. The van der Waals surface area contributed by atoms with Crippen LogP contribution in [0.5, 0.6) is 0 Å². The zero-order valence-electron chi connectivity index (χ0n) is 15.8. The second-order valence-electron chi connectivity index (χ2n) is 7.54. The van der Waals surface area contributed by atoms with Crippen LogP contribution in [0.3, 0.4) is 0 Å². The van der Waals surface area contributed by atoms with Gasteiger partial charge in [0.05, 0.1) is 11.5 Å². The molecule has 146 valence electrons. The molecule has 0 spiro atoms. The van der Waals surface area contributed by atoms with E-state index >= 15 is 0 Å². The fraction of sp³-hybridized carbons (Fsp3) is 0.632. The average molecular weight is 385 g/mol. The molecule has 1 N–H and O–H groups in total. The normalized spacial score (nSPS) is 18.2. The van der Waals surface area contributed by atoms with Gasteiger partial charge in [-0.3, -0.25) is 4.79 Å². The molecule has 0 aliphatic carbocycles. The molecule has 5 nitrogen and oxygen atoms in total. The number of aryl methyl sites for hydroxylation is 1. The Balaban J connectivity index is 1.88. The van der Waals surface area contributed by atoms with Gasteiger partial charge < -0.3 is 10.2 Å². The van der Waals surface area contributed by atoms with Gasteiger partial charge in [0.15, 0.2) is 9.84 Å². The topological polar surface area (TPSA) is 66.5 Å². The maximum Gasteiger partial charge on any atom is 0.221 e. The molecule has 1 aromatic rings. The summed E-state index contributed by atoms with van der Waals surface area (Å²) in [5.74, 6) is -0.407. The van der Waals surface area contributed by atoms with E-state index in [9.17, 15) is 17.6 Å². The van der Waals surface area contributed by atoms with E-state index in [4.69, 9.17) is 0 Å². The lowest BCUT2D eigenvalue weighted by molar-refractivity contribution is -0.121. The molecule has 1 aliphatic heterocycles. The van der Waals surface area contributed by atoms with Gasteiger partial charge in [-0.25, -0.2) is 12.8 Å². The first-order valence-corrected chi connectivity index (χ1v) is 11.0. The number of nitrogens with zero attached hydrogens (tertiary/aromatic N) is 1. The third kappa shape index (κ3) is 6.27. The number of carbonyl (C=O) groups is 1. The van der Waals surface area contributed by atoms with Gasteiger partial charge in [0.2, 0.25) is 5.91 Å². The van der Waals surface area contributed by atoms with Gasteiger partial charge in [-0.05, 0) is 49.4 Å². The van der Waals surface area contributed by atoms with E-state index in [1.54, 1.807) is 6.07 Å². The third-order valence-corrected chi connectivity index (χ3v) is 6.51. The van der Waals surface area contributed by atoms with Crippen molar-refractivity contribution >= 4 is 21.4 Å². The number of carbonyl (C=O) groups excluding carboxylic acids is 1. The van der Waals surface area contributed by atoms with Crippen molar-refractivity contribution in [1.29, 1.82) is 0 Å². The predicted molar refractivity (Wildman–Crippen MR) is 103 cm³/mol. The van der Waals surface area contributed by atoms with Crippen LogP contribution in [0.4, 0.5) is 10.1 Å². The largest absolute Gasteiger partial charge is 0.369 e. The summed E-state index contributed by atoms with van der Waals surface area (Å²) in [5.41, 5.74) is 1.85. The number of amides is 1. The second-order valence-corrected chi connectivity index (χ2v) is 9.77. The third-order valence-electron chi connectivity index (χ3n) is 4.51. The van der Waals surface area contributed by atoms with Crippen LogP contribution in [0, 0.1) is 18.7 Å². The summed E-state index contributed by atoms with van der Waals surface area (Å²) in [6.07, 6.45) is 1.79. The molecule has 1 saturated heterocycles. The van der Waals surface area contributed by atoms with E-state index in [1.807, 2.05) is 20.8 Å². The molecule has 0 saturated carbocycles. The number of hydrogen-bond acceptors (Lipinski definition) is 4. The molecule has 26 heavy (non-hydrogen) atoms. The molecule has 1 unspecified atom stereocenters. The summed E-state index contributed by atoms with van der Waals surface area (Å²) in [6, 6.07) is 4.71. The maximum atomic E-state index is 13.3. The minimum atomic E-state index is -3.19. The van der Waals surface area contributed by atoms with Crippen molar-refractivity contribution in [1.82, 2.24) is 5.32 Å². The minimum absolute atomic E-state index is 0.00112. The molecule has 1 aromatic carbocycles. The Morgan fingerprint density at radius 1 is 1.38 bits per heavy atom. The standard InChI is InChI=1S/C19H29FN2O3S/c1-14(2)13-26(24,25)10-8-19(23)21-17-5-4-9-22(12-17)18-7-6-16(20)11-15(18)3/h6-7,11,14,17H,4-5,8-10,12-13H2,1-3H3,(H,21,23). The molecule has 0 aromatic heterocycles. The van der Waals surface area contributed by atoms with Crippen LogP contribution >= 0.6 is 0 Å². The van der Waals surface area contributed by atoms with E-state index in [2.05, 4.69) is 10.2 Å². The van der Waals surface area contributed by atoms with E-state index in [-0.39, 0.29) is 41.6 Å². The van der Waals surface area contributed by atoms with Gasteiger partial charge in [-0.15, -0.1) is 0 Å². The summed E-state index contributed by atoms with van der Waals surface area (Å²) in [7, 11) is -3.19. The Labute approximate surface area is 155 Å². The van der Waals surface area contributed by atoms with Crippen molar-refractivity contribution in [2.75, 3.05) is 29.5 Å². The van der Waals surface area contributed by atoms with Crippen LogP contribution < -0.4 is 10.2 Å². The van der Waals surface area contributed by atoms with Crippen LogP contribution in [0.15, 0.2) is 18.2 Å². The summed E-state index contributed by atoms with van der Waals surface area (Å²) in [4.78, 5) is 14.3. The summed E-state index contributed by atoms with van der Waals surface area (Å²) in [5, 5.41) is 2.96. The van der Waals surface area contributed by atoms with Gasteiger partial charge in [0.1, 0.15) is 5.82 Å². The smallest absolute Gasteiger partial charge is 0.221 e. The molecule has 2 rings (SSSR count). The number of rotatable bonds is 7. The Morgan fingerprint density at radius 2 is 2.12 bits per heavy atom. The zero-order valence-corrected chi connectivity index (χ0v) is 16.6. The van der Waals surface area contributed by atoms with Crippen molar-refractivity contribution in [3.05, 3.63) is 29.6 Å². The number of hydrogen-bond donors (Lipinski definition) is 1. The number of nitrogens with one attached hydrogen (secondary N) is 1. The lowest BCUT2D eigenvalue weighted by atomic mass is 10.0. The summed E-state index contributed by atoms with van der Waals surface area (Å²) >= 11 is 0. The van der Waals surface area contributed by atoms with Crippen molar-refractivity contribution in [2.45, 2.75) is 46.1 Å². The highest BCUT2D eigenvalue weighted by Crippen LogP contribution is 2.24. The molecule has 1 aliphatic rings. The molecule has 0 bridgehead atoms. The van der Waals surface area contributed by atoms with Gasteiger partial charge in [-0.2, -0.15) is 0 Å². The number of halogens is 1. The van der Waals surface area contributed by atoms with Crippen LogP contribution in [0.1, 0.15) is 38.7 Å². The highest BCUT2D eigenvalue weighted by atomic mass is 32.2. The highest BCUT2D eigenvalue weighted by molar-refractivity contribution is 7.91. The predicted octanol–water partition coefficient (Wildman–Crippen LogP) is 2.68. The van der Waals surface area contributed by atoms with Gasteiger partial charge >= 0.3 is 0 Å². The number of sulfone groups is 1. The van der Waals surface area contributed by atoms with Crippen molar-refractivity contribution in [3.63, 3.8) is 0 Å². The molecule has 1 fully saturated rings. The quantitative estimate of drug-likeness (QED) is 0.785. The molecular formula is C19H29FN2O3S. The van der Waals surface area contributed by atoms with E-state index in [0.717, 1.165) is 30.6 Å². The van der Waals surface area contributed by atoms with E-state index in [1.165, 1.54) is 12.1 Å². The van der Waals surface area contributed by atoms with Crippen LogP contribution in [0.25, 0.3) is 0 Å². The molecule has 1 atom stereocenters. The molecule has 0 radical (unpaired) electrons. The van der Waals surface area contributed by atoms with Gasteiger partial charge in [-0.1, -0.05) is 13.8 Å². The van der Waals surface area contributed by atoms with Crippen molar-refractivity contribution in [2.24, 2.45) is 5.92 Å². The molecule has 1 amide bonds. The Bertz CT molecular complexity index is 734. The first-order chi connectivity index (χ1) is 12.2.